The van der Waals surface area contributed by atoms with Crippen molar-refractivity contribution in [1.29, 1.82) is 0 Å². The molecule has 0 radical (unpaired) electrons. The highest BCUT2D eigenvalue weighted by Gasteiger charge is 2.20. The van der Waals surface area contributed by atoms with Crippen molar-refractivity contribution in [3.05, 3.63) is 65.0 Å². The number of amides is 1. The number of carboxylic acid groups (broad SMARTS) is 1. The molecule has 2 N–H and O–H groups in total. The molecule has 1 amide bonds. The van der Waals surface area contributed by atoms with Gasteiger partial charge in [-0.25, -0.2) is 9.59 Å². The van der Waals surface area contributed by atoms with Gasteiger partial charge in [0.05, 0.1) is 0 Å². The Kier molecular flexibility index (Phi) is 9.54. The fourth-order valence-corrected chi connectivity index (χ4v) is 4.12. The summed E-state index contributed by atoms with van der Waals surface area (Å²) in [5.41, 5.74) is 4.77. The van der Waals surface area contributed by atoms with Gasteiger partial charge in [0.2, 0.25) is 0 Å². The van der Waals surface area contributed by atoms with E-state index in [-0.39, 0.29) is 6.61 Å². The van der Waals surface area contributed by atoms with Crippen molar-refractivity contribution in [1.82, 2.24) is 10.3 Å². The third kappa shape index (κ3) is 7.98. The first-order valence-electron chi connectivity index (χ1n) is 11.8. The minimum absolute atomic E-state index is 0.123. The molecule has 32 heavy (non-hydrogen) atoms. The van der Waals surface area contributed by atoms with Gasteiger partial charge in [0.1, 0.15) is 12.6 Å². The number of fused-ring (bicyclic) bond motifs is 1. The predicted octanol–water partition coefficient (Wildman–Crippen LogP) is 5.22. The van der Waals surface area contributed by atoms with E-state index in [0.29, 0.717) is 6.42 Å². The number of carbonyl (C=O) groups is 2. The zero-order valence-corrected chi connectivity index (χ0v) is 18.7. The molecular weight excluding hydrogens is 404 g/mol. The number of aromatic nitrogens is 1. The van der Waals surface area contributed by atoms with Crippen molar-refractivity contribution in [3.63, 3.8) is 0 Å². The number of rotatable bonds is 12. The number of hydrogen-bond acceptors (Lipinski definition) is 4. The molecule has 172 valence electrons. The molecule has 0 bridgehead atoms. The van der Waals surface area contributed by atoms with Crippen LogP contribution in [0.4, 0.5) is 4.79 Å². The van der Waals surface area contributed by atoms with Crippen LogP contribution < -0.4 is 5.32 Å². The van der Waals surface area contributed by atoms with Gasteiger partial charge in [0.15, 0.2) is 0 Å². The molecule has 3 rings (SSSR count). The van der Waals surface area contributed by atoms with Crippen LogP contribution in [0.3, 0.4) is 0 Å². The highest BCUT2D eigenvalue weighted by molar-refractivity contribution is 5.79. The molecular formula is C26H34N2O4. The third-order valence-corrected chi connectivity index (χ3v) is 5.96. The number of carbonyl (C=O) groups excluding carboxylic acids is 1. The molecule has 0 spiro atoms. The minimum Gasteiger partial charge on any atom is -0.480 e. The number of unbranched alkanes of at least 4 members (excludes halogenated alkanes) is 4. The van der Waals surface area contributed by atoms with Crippen LogP contribution in [-0.4, -0.2) is 28.2 Å². The Balaban J connectivity index is 1.27. The second kappa shape index (κ2) is 12.8. The molecule has 1 aromatic heterocycles. The summed E-state index contributed by atoms with van der Waals surface area (Å²) in [6.45, 7) is 0.123. The van der Waals surface area contributed by atoms with Gasteiger partial charge in [-0.2, -0.15) is 0 Å². The van der Waals surface area contributed by atoms with E-state index in [1.807, 2.05) is 30.3 Å². The van der Waals surface area contributed by atoms with Crippen LogP contribution in [-0.2, 0) is 35.4 Å². The fourth-order valence-electron chi connectivity index (χ4n) is 4.12. The van der Waals surface area contributed by atoms with Crippen molar-refractivity contribution < 1.29 is 19.4 Å². The summed E-state index contributed by atoms with van der Waals surface area (Å²) in [5.74, 6) is -1.03. The Hall–Kier alpha value is -2.89. The molecule has 0 fully saturated rings. The van der Waals surface area contributed by atoms with Crippen LogP contribution in [0.1, 0.15) is 73.9 Å². The van der Waals surface area contributed by atoms with E-state index in [1.165, 1.54) is 36.2 Å². The lowest BCUT2D eigenvalue weighted by Gasteiger charge is -2.15. The van der Waals surface area contributed by atoms with Gasteiger partial charge in [0.25, 0.3) is 0 Å². The lowest BCUT2D eigenvalue weighted by Crippen LogP contribution is -2.40. The Morgan fingerprint density at radius 3 is 2.53 bits per heavy atom. The first-order chi connectivity index (χ1) is 15.6. The first kappa shape index (κ1) is 23.8. The van der Waals surface area contributed by atoms with Crippen LogP contribution in [0.25, 0.3) is 0 Å². The second-order valence-electron chi connectivity index (χ2n) is 8.52. The van der Waals surface area contributed by atoms with Gasteiger partial charge in [0, 0.05) is 11.4 Å². The maximum Gasteiger partial charge on any atom is 0.408 e. The van der Waals surface area contributed by atoms with Crippen molar-refractivity contribution in [2.24, 2.45) is 0 Å². The standard InChI is InChI=1S/C26H34N2O4/c29-25(30)24(28-26(31)32-19-20-11-5-4-6-12-20)16-8-3-1-2-7-14-22-18-17-21-13-9-10-15-23(21)27-22/h4-6,11-12,17-18,24H,1-3,7-10,13-16,19H2,(H,28,31)(H,29,30)/t24-/m0/s1. The minimum atomic E-state index is -1.03. The molecule has 6 heteroatoms. The number of alkyl carbamates (subject to hydrolysis) is 1. The Bertz CT molecular complexity index is 869. The summed E-state index contributed by atoms with van der Waals surface area (Å²) in [6.07, 6.45) is 10.5. The molecule has 2 aromatic rings. The Morgan fingerprint density at radius 2 is 1.72 bits per heavy atom. The van der Waals surface area contributed by atoms with Gasteiger partial charge in [-0.05, 0) is 62.1 Å². The summed E-state index contributed by atoms with van der Waals surface area (Å²) >= 11 is 0. The molecule has 1 aliphatic carbocycles. The number of nitrogens with zero attached hydrogens (tertiary/aromatic N) is 1. The average molecular weight is 439 g/mol. The number of benzene rings is 1. The van der Waals surface area contributed by atoms with Gasteiger partial charge in [-0.3, -0.25) is 4.98 Å². The molecule has 0 saturated heterocycles. The van der Waals surface area contributed by atoms with Crippen LogP contribution in [0.5, 0.6) is 0 Å². The monoisotopic (exact) mass is 438 g/mol. The number of hydrogen-bond donors (Lipinski definition) is 2. The van der Waals surface area contributed by atoms with E-state index >= 15 is 0 Å². The van der Waals surface area contributed by atoms with E-state index in [1.54, 1.807) is 0 Å². The number of nitrogens with one attached hydrogen (secondary N) is 1. The van der Waals surface area contributed by atoms with Gasteiger partial charge >= 0.3 is 12.1 Å². The second-order valence-corrected chi connectivity index (χ2v) is 8.52. The molecule has 1 aromatic carbocycles. The average Bonchev–Trinajstić information content (AvgIpc) is 2.81. The molecule has 1 heterocycles. The van der Waals surface area contributed by atoms with Crippen molar-refractivity contribution >= 4 is 12.1 Å². The first-order valence-corrected chi connectivity index (χ1v) is 11.8. The number of aryl methyl sites for hydroxylation is 3. The molecule has 0 unspecified atom stereocenters. The molecule has 0 aliphatic heterocycles. The van der Waals surface area contributed by atoms with Gasteiger partial charge < -0.3 is 15.2 Å². The van der Waals surface area contributed by atoms with E-state index < -0.39 is 18.1 Å². The van der Waals surface area contributed by atoms with E-state index in [0.717, 1.165) is 50.5 Å². The van der Waals surface area contributed by atoms with Crippen LogP contribution in [0.15, 0.2) is 42.5 Å². The lowest BCUT2D eigenvalue weighted by molar-refractivity contribution is -0.139. The van der Waals surface area contributed by atoms with E-state index in [4.69, 9.17) is 9.72 Å². The molecule has 6 nitrogen and oxygen atoms in total. The quantitative estimate of drug-likeness (QED) is 0.443. The molecule has 1 aliphatic rings. The predicted molar refractivity (Wildman–Crippen MR) is 123 cm³/mol. The van der Waals surface area contributed by atoms with Crippen LogP contribution >= 0.6 is 0 Å². The zero-order valence-electron chi connectivity index (χ0n) is 18.7. The van der Waals surface area contributed by atoms with Gasteiger partial charge in [-0.1, -0.05) is 62.1 Å². The summed E-state index contributed by atoms with van der Waals surface area (Å²) in [4.78, 5) is 28.2. The fraction of sp³-hybridized carbons (Fsp3) is 0.500. The molecule has 1 atom stereocenters. The zero-order chi connectivity index (χ0) is 22.6. The molecule has 0 saturated carbocycles. The van der Waals surface area contributed by atoms with Crippen molar-refractivity contribution in [3.8, 4) is 0 Å². The SMILES string of the molecule is O=C(N[C@@H](CCCCCCCc1ccc2c(n1)CCCC2)C(=O)O)OCc1ccccc1. The topological polar surface area (TPSA) is 88.5 Å². The highest BCUT2D eigenvalue weighted by atomic mass is 16.5. The smallest absolute Gasteiger partial charge is 0.408 e. The highest BCUT2D eigenvalue weighted by Crippen LogP contribution is 2.20. The van der Waals surface area contributed by atoms with Crippen LogP contribution in [0.2, 0.25) is 0 Å². The van der Waals surface area contributed by atoms with Crippen LogP contribution in [0, 0.1) is 0 Å². The number of aliphatic carboxylic acids is 1. The maximum atomic E-state index is 11.9. The largest absolute Gasteiger partial charge is 0.480 e. The number of carboxylic acids is 1. The number of pyridine rings is 1. The Morgan fingerprint density at radius 1 is 0.969 bits per heavy atom. The van der Waals surface area contributed by atoms with E-state index in [2.05, 4.69) is 17.4 Å². The Labute approximate surface area is 190 Å². The third-order valence-electron chi connectivity index (χ3n) is 5.96. The van der Waals surface area contributed by atoms with Crippen molar-refractivity contribution in [2.45, 2.75) is 83.3 Å². The van der Waals surface area contributed by atoms with Crippen molar-refractivity contribution in [2.75, 3.05) is 0 Å². The summed E-state index contributed by atoms with van der Waals surface area (Å²) in [6, 6.07) is 12.8. The normalized spacial score (nSPS) is 13.8. The number of ether oxygens (including phenoxy) is 1. The lowest BCUT2D eigenvalue weighted by atomic mass is 9.95. The summed E-state index contributed by atoms with van der Waals surface area (Å²) < 4.78 is 5.13. The maximum absolute atomic E-state index is 11.9. The van der Waals surface area contributed by atoms with E-state index in [9.17, 15) is 14.7 Å². The summed E-state index contributed by atoms with van der Waals surface area (Å²) in [7, 11) is 0. The summed E-state index contributed by atoms with van der Waals surface area (Å²) in [5, 5.41) is 11.8. The van der Waals surface area contributed by atoms with Gasteiger partial charge in [-0.15, -0.1) is 0 Å².